The molecule has 0 saturated carbocycles. The van der Waals surface area contributed by atoms with E-state index in [0.29, 0.717) is 34.2 Å². The van der Waals surface area contributed by atoms with E-state index in [-0.39, 0.29) is 16.7 Å². The second-order valence-electron chi connectivity index (χ2n) is 8.49. The number of hydrogen-bond donors (Lipinski definition) is 2. The Hall–Kier alpha value is -5.17. The van der Waals surface area contributed by atoms with Crippen LogP contribution in [0.2, 0.25) is 0 Å². The van der Waals surface area contributed by atoms with Crippen LogP contribution in [-0.2, 0) is 0 Å². The Morgan fingerprint density at radius 2 is 1.79 bits per heavy atom. The average molecular weight is 510 g/mol. The summed E-state index contributed by atoms with van der Waals surface area (Å²) < 4.78 is 29.4. The van der Waals surface area contributed by atoms with Gasteiger partial charge in [-0.1, -0.05) is 30.2 Å². The number of hydrogen-bond acceptors (Lipinski definition) is 7. The van der Waals surface area contributed by atoms with Crippen molar-refractivity contribution in [3.8, 4) is 17.5 Å². The lowest BCUT2D eigenvalue weighted by molar-refractivity contribution is 0.621. The quantitative estimate of drug-likeness (QED) is 0.347. The molecule has 3 N–H and O–H groups in total. The van der Waals surface area contributed by atoms with Gasteiger partial charge in [-0.2, -0.15) is 0 Å². The molecular weight excluding hydrogens is 488 g/mol. The summed E-state index contributed by atoms with van der Waals surface area (Å²) in [5.41, 5.74) is 7.65. The number of nitrogens with zero attached hydrogens (tertiary/aromatic N) is 5. The number of nitrogens with two attached hydrogens (primary N) is 1. The number of halogens is 2. The van der Waals surface area contributed by atoms with Gasteiger partial charge in [0.05, 0.1) is 23.4 Å². The molecule has 10 heteroatoms. The lowest BCUT2D eigenvalue weighted by atomic mass is 10.1. The summed E-state index contributed by atoms with van der Waals surface area (Å²) in [6.45, 7) is 3.56. The summed E-state index contributed by atoms with van der Waals surface area (Å²) >= 11 is 0. The molecule has 8 nitrogen and oxygen atoms in total. The first-order valence-electron chi connectivity index (χ1n) is 11.6. The first-order chi connectivity index (χ1) is 18.3. The van der Waals surface area contributed by atoms with Gasteiger partial charge < -0.3 is 11.1 Å². The van der Waals surface area contributed by atoms with Gasteiger partial charge in [0.2, 0.25) is 0 Å². The fraction of sp³-hybridized carbons (Fsp3) is 0.107. The molecule has 2 aromatic carbocycles. The Bertz CT molecular complexity index is 1780. The van der Waals surface area contributed by atoms with E-state index in [1.165, 1.54) is 29.1 Å². The van der Waals surface area contributed by atoms with E-state index in [1.807, 2.05) is 6.07 Å². The average Bonchev–Trinajstić information content (AvgIpc) is 2.91. The van der Waals surface area contributed by atoms with Crippen molar-refractivity contribution in [2.75, 3.05) is 11.1 Å². The highest BCUT2D eigenvalue weighted by atomic mass is 19.1. The summed E-state index contributed by atoms with van der Waals surface area (Å²) in [6, 6.07) is 13.8. The van der Waals surface area contributed by atoms with E-state index >= 15 is 0 Å². The van der Waals surface area contributed by atoms with E-state index < -0.39 is 23.2 Å². The van der Waals surface area contributed by atoms with Gasteiger partial charge in [0.15, 0.2) is 0 Å². The van der Waals surface area contributed by atoms with Crippen molar-refractivity contribution >= 4 is 22.5 Å². The van der Waals surface area contributed by atoms with E-state index in [4.69, 9.17) is 10.7 Å². The summed E-state index contributed by atoms with van der Waals surface area (Å²) in [4.78, 5) is 30.6. The zero-order chi connectivity index (χ0) is 26.8. The predicted octanol–water partition coefficient (Wildman–Crippen LogP) is 4.31. The number of benzene rings is 2. The molecule has 0 fully saturated rings. The summed E-state index contributed by atoms with van der Waals surface area (Å²) in [5, 5.41) is 3.13. The van der Waals surface area contributed by atoms with Crippen LogP contribution in [0.5, 0.6) is 0 Å². The molecule has 0 saturated heterocycles. The third kappa shape index (κ3) is 4.65. The largest absolute Gasteiger partial charge is 0.382 e. The maximum absolute atomic E-state index is 14.8. The highest BCUT2D eigenvalue weighted by molar-refractivity contribution is 5.82. The molecule has 188 valence electrons. The Kier molecular flexibility index (Phi) is 6.49. The number of aryl methyl sites for hydroxylation is 1. The molecule has 0 radical (unpaired) electrons. The van der Waals surface area contributed by atoms with Crippen LogP contribution in [0.3, 0.4) is 0 Å². The van der Waals surface area contributed by atoms with Gasteiger partial charge >= 0.3 is 0 Å². The maximum atomic E-state index is 14.8. The van der Waals surface area contributed by atoms with Crippen molar-refractivity contribution in [3.05, 3.63) is 112 Å². The standard InChI is InChI=1S/C28H21F2N7O/c1-16-8-13-22(30)23-24(16)36-27(37(28(23)38)20-6-4-3-5-7-20)17(2)35-26-21(25(31)33-15-34-26)12-11-19-10-9-18(29)14-32-19/h3-10,13-15,17H,1-2H3,(H3,31,33,34,35)/t17-/m0/s1. The first-order valence-corrected chi connectivity index (χ1v) is 11.6. The topological polar surface area (TPSA) is 112 Å². The van der Waals surface area contributed by atoms with Crippen LogP contribution >= 0.6 is 0 Å². The second kappa shape index (κ2) is 10.1. The zero-order valence-corrected chi connectivity index (χ0v) is 20.4. The minimum Gasteiger partial charge on any atom is -0.382 e. The molecule has 0 aliphatic heterocycles. The molecule has 0 spiro atoms. The molecule has 5 rings (SSSR count). The molecule has 0 bridgehead atoms. The number of aromatic nitrogens is 5. The Morgan fingerprint density at radius 1 is 1.00 bits per heavy atom. The molecule has 38 heavy (non-hydrogen) atoms. The van der Waals surface area contributed by atoms with Crippen LogP contribution in [-0.4, -0.2) is 24.5 Å². The normalized spacial score (nSPS) is 11.6. The lowest BCUT2D eigenvalue weighted by Gasteiger charge is -2.21. The van der Waals surface area contributed by atoms with Gasteiger partial charge in [-0.3, -0.25) is 9.36 Å². The van der Waals surface area contributed by atoms with Crippen LogP contribution in [0.25, 0.3) is 16.6 Å². The zero-order valence-electron chi connectivity index (χ0n) is 20.4. The van der Waals surface area contributed by atoms with E-state index in [2.05, 4.69) is 32.1 Å². The fourth-order valence-electron chi connectivity index (χ4n) is 3.99. The van der Waals surface area contributed by atoms with Crippen LogP contribution in [0.1, 0.15) is 35.6 Å². The van der Waals surface area contributed by atoms with Gasteiger partial charge in [0.1, 0.15) is 52.1 Å². The molecule has 3 heterocycles. The molecule has 0 unspecified atom stereocenters. The maximum Gasteiger partial charge on any atom is 0.269 e. The molecule has 0 aliphatic rings. The van der Waals surface area contributed by atoms with Crippen LogP contribution < -0.4 is 16.6 Å². The van der Waals surface area contributed by atoms with Crippen molar-refractivity contribution in [1.29, 1.82) is 0 Å². The number of rotatable bonds is 4. The van der Waals surface area contributed by atoms with Crippen molar-refractivity contribution in [2.45, 2.75) is 19.9 Å². The van der Waals surface area contributed by atoms with E-state index in [9.17, 15) is 13.6 Å². The Labute approximate surface area is 216 Å². The summed E-state index contributed by atoms with van der Waals surface area (Å²) in [7, 11) is 0. The molecule has 0 amide bonds. The number of para-hydroxylation sites is 1. The summed E-state index contributed by atoms with van der Waals surface area (Å²) in [6.07, 6.45) is 2.35. The molecule has 1 atom stereocenters. The molecule has 3 aromatic heterocycles. The lowest BCUT2D eigenvalue weighted by Crippen LogP contribution is -2.28. The SMILES string of the molecule is Cc1ccc(F)c2c(=O)n(-c3ccccc3)c([C@H](C)Nc3ncnc(N)c3C#Cc3ccc(F)cn3)nc12. The van der Waals surface area contributed by atoms with Crippen molar-refractivity contribution < 1.29 is 8.78 Å². The van der Waals surface area contributed by atoms with Gasteiger partial charge in [-0.25, -0.2) is 28.7 Å². The third-order valence-electron chi connectivity index (χ3n) is 5.88. The minimum atomic E-state index is -0.643. The van der Waals surface area contributed by atoms with Crippen molar-refractivity contribution in [1.82, 2.24) is 24.5 Å². The fourth-order valence-corrected chi connectivity index (χ4v) is 3.99. The number of pyridine rings is 1. The van der Waals surface area contributed by atoms with E-state index in [1.54, 1.807) is 44.2 Å². The van der Waals surface area contributed by atoms with Gasteiger partial charge in [0, 0.05) is 0 Å². The molecular formula is C28H21F2N7O. The van der Waals surface area contributed by atoms with E-state index in [0.717, 1.165) is 6.20 Å². The summed E-state index contributed by atoms with van der Waals surface area (Å²) in [5.74, 6) is 5.35. The highest BCUT2D eigenvalue weighted by Crippen LogP contribution is 2.25. The van der Waals surface area contributed by atoms with Gasteiger partial charge in [-0.05, 0) is 55.7 Å². The van der Waals surface area contributed by atoms with Gasteiger partial charge in [0.25, 0.3) is 5.56 Å². The minimum absolute atomic E-state index is 0.0885. The molecule has 5 aromatic rings. The Balaban J connectivity index is 1.63. The van der Waals surface area contributed by atoms with Crippen molar-refractivity contribution in [2.24, 2.45) is 0 Å². The number of nitrogen functional groups attached to an aromatic ring is 1. The monoisotopic (exact) mass is 509 g/mol. The number of anilines is 2. The third-order valence-corrected chi connectivity index (χ3v) is 5.88. The highest BCUT2D eigenvalue weighted by Gasteiger charge is 2.22. The smallest absolute Gasteiger partial charge is 0.269 e. The number of fused-ring (bicyclic) bond motifs is 1. The van der Waals surface area contributed by atoms with Crippen molar-refractivity contribution in [3.63, 3.8) is 0 Å². The Morgan fingerprint density at radius 3 is 2.53 bits per heavy atom. The molecule has 0 aliphatic carbocycles. The predicted molar refractivity (Wildman–Crippen MR) is 141 cm³/mol. The van der Waals surface area contributed by atoms with Crippen LogP contribution in [0, 0.1) is 30.4 Å². The number of nitrogens with one attached hydrogen (secondary N) is 1. The van der Waals surface area contributed by atoms with Crippen LogP contribution in [0.15, 0.2) is 71.9 Å². The second-order valence-corrected chi connectivity index (χ2v) is 8.49. The van der Waals surface area contributed by atoms with Gasteiger partial charge in [-0.15, -0.1) is 0 Å². The first kappa shape index (κ1) is 24.5. The van der Waals surface area contributed by atoms with Crippen LogP contribution in [0.4, 0.5) is 20.4 Å².